The number of aryl methyl sites for hydroxylation is 1. The van der Waals surface area contributed by atoms with Crippen LogP contribution in [0.2, 0.25) is 0 Å². The molecule has 2 aromatic carbocycles. The lowest BCUT2D eigenvalue weighted by Gasteiger charge is -2.31. The second-order valence-corrected chi connectivity index (χ2v) is 8.34. The molecule has 0 bridgehead atoms. The molecule has 1 N–H and O–H groups in total. The van der Waals surface area contributed by atoms with Crippen molar-refractivity contribution in [1.29, 1.82) is 0 Å². The van der Waals surface area contributed by atoms with Gasteiger partial charge in [0.15, 0.2) is 0 Å². The van der Waals surface area contributed by atoms with Crippen LogP contribution in [-0.4, -0.2) is 59.5 Å². The molecule has 4 rings (SSSR count). The maximum absolute atomic E-state index is 13.4. The van der Waals surface area contributed by atoms with Gasteiger partial charge in [0.05, 0.1) is 25.0 Å². The van der Waals surface area contributed by atoms with Gasteiger partial charge in [-0.05, 0) is 51.0 Å². The third-order valence-electron chi connectivity index (χ3n) is 5.96. The van der Waals surface area contributed by atoms with Crippen molar-refractivity contribution in [3.05, 3.63) is 65.9 Å². The smallest absolute Gasteiger partial charge is 0.409 e. The predicted octanol–water partition coefficient (Wildman–Crippen LogP) is 4.21. The Labute approximate surface area is 199 Å². The van der Waals surface area contributed by atoms with Gasteiger partial charge in [-0.25, -0.2) is 9.48 Å². The van der Waals surface area contributed by atoms with Gasteiger partial charge in [0.1, 0.15) is 11.4 Å². The number of ether oxygens (including phenoxy) is 2. The molecule has 0 aliphatic carbocycles. The van der Waals surface area contributed by atoms with Gasteiger partial charge in [-0.3, -0.25) is 4.79 Å². The Morgan fingerprint density at radius 1 is 1.12 bits per heavy atom. The quantitative estimate of drug-likeness (QED) is 0.593. The number of carbonyl (C=O) groups excluding carboxylic acids is 2. The summed E-state index contributed by atoms with van der Waals surface area (Å²) >= 11 is 0. The lowest BCUT2D eigenvalue weighted by atomic mass is 10.0. The summed E-state index contributed by atoms with van der Waals surface area (Å²) in [4.78, 5) is 27.0. The molecule has 1 aliphatic heterocycles. The van der Waals surface area contributed by atoms with Crippen molar-refractivity contribution in [3.63, 3.8) is 0 Å². The fraction of sp³-hybridized carbons (Fsp3) is 0.346. The van der Waals surface area contributed by atoms with Gasteiger partial charge in [-0.2, -0.15) is 5.10 Å². The summed E-state index contributed by atoms with van der Waals surface area (Å²) in [7, 11) is 1.61. The van der Waals surface area contributed by atoms with Crippen LogP contribution in [0.1, 0.15) is 35.7 Å². The van der Waals surface area contributed by atoms with Gasteiger partial charge in [-0.15, -0.1) is 0 Å². The van der Waals surface area contributed by atoms with E-state index in [4.69, 9.17) is 14.6 Å². The minimum absolute atomic E-state index is 0.0286. The van der Waals surface area contributed by atoms with Crippen LogP contribution >= 0.6 is 0 Å². The van der Waals surface area contributed by atoms with Gasteiger partial charge in [0.25, 0.3) is 5.91 Å². The average Bonchev–Trinajstić information content (AvgIpc) is 3.31. The zero-order chi connectivity index (χ0) is 24.1. The number of hydrogen-bond acceptors (Lipinski definition) is 5. The number of amides is 2. The molecule has 2 heterocycles. The van der Waals surface area contributed by atoms with Crippen LogP contribution in [-0.2, 0) is 4.74 Å². The number of methoxy groups -OCH3 is 1. The molecule has 1 saturated heterocycles. The van der Waals surface area contributed by atoms with Crippen LogP contribution in [0.5, 0.6) is 5.75 Å². The Hall–Kier alpha value is -3.81. The number of carbonyl (C=O) groups is 2. The molecule has 2 amide bonds. The van der Waals surface area contributed by atoms with E-state index in [1.54, 1.807) is 29.8 Å². The fourth-order valence-corrected chi connectivity index (χ4v) is 4.04. The predicted molar refractivity (Wildman–Crippen MR) is 129 cm³/mol. The summed E-state index contributed by atoms with van der Waals surface area (Å²) in [5.74, 6) is 0.505. The van der Waals surface area contributed by atoms with E-state index < -0.39 is 0 Å². The number of hydrogen-bond donors (Lipinski definition) is 1. The van der Waals surface area contributed by atoms with E-state index in [0.717, 1.165) is 16.8 Å². The summed E-state index contributed by atoms with van der Waals surface area (Å²) in [6.07, 6.45) is 2.81. The maximum Gasteiger partial charge on any atom is 0.409 e. The summed E-state index contributed by atoms with van der Waals surface area (Å²) in [5.41, 5.74) is 3.89. The van der Waals surface area contributed by atoms with Crippen molar-refractivity contribution >= 4 is 12.0 Å². The minimum Gasteiger partial charge on any atom is -0.497 e. The number of piperidine rings is 1. The first-order chi connectivity index (χ1) is 16.5. The molecule has 0 atom stereocenters. The molecule has 1 aromatic heterocycles. The Kier molecular flexibility index (Phi) is 7.15. The summed E-state index contributed by atoms with van der Waals surface area (Å²) < 4.78 is 12.2. The van der Waals surface area contributed by atoms with E-state index in [2.05, 4.69) is 5.32 Å². The van der Waals surface area contributed by atoms with Crippen molar-refractivity contribution in [3.8, 4) is 22.7 Å². The zero-order valence-corrected chi connectivity index (χ0v) is 19.8. The molecule has 0 spiro atoms. The van der Waals surface area contributed by atoms with Crippen molar-refractivity contribution in [1.82, 2.24) is 20.0 Å². The van der Waals surface area contributed by atoms with Crippen molar-refractivity contribution in [2.45, 2.75) is 32.7 Å². The summed E-state index contributed by atoms with van der Waals surface area (Å²) in [6, 6.07) is 15.5. The highest BCUT2D eigenvalue weighted by atomic mass is 16.6. The van der Waals surface area contributed by atoms with Crippen molar-refractivity contribution in [2.24, 2.45) is 0 Å². The van der Waals surface area contributed by atoms with Gasteiger partial charge < -0.3 is 19.7 Å². The molecular formula is C26H30N4O4. The maximum atomic E-state index is 13.4. The molecule has 1 fully saturated rings. The van der Waals surface area contributed by atoms with E-state index in [-0.39, 0.29) is 18.0 Å². The third-order valence-corrected chi connectivity index (χ3v) is 5.96. The monoisotopic (exact) mass is 462 g/mol. The molecule has 1 aliphatic rings. The van der Waals surface area contributed by atoms with Crippen LogP contribution in [0.15, 0.2) is 54.7 Å². The lowest BCUT2D eigenvalue weighted by Crippen LogP contribution is -2.46. The van der Waals surface area contributed by atoms with Crippen LogP contribution in [0.3, 0.4) is 0 Å². The van der Waals surface area contributed by atoms with Gasteiger partial charge >= 0.3 is 6.09 Å². The SMILES string of the molecule is CCOC(=O)N1CCC(NC(=O)c2cn(-c3ccc(C)cc3)nc2-c2cccc(OC)c2)CC1. The minimum atomic E-state index is -0.299. The standard InChI is InChI=1S/C26H30N4O4/c1-4-34-26(32)29-14-12-20(13-15-29)27-25(31)23-17-30(21-10-8-18(2)9-11-21)28-24(23)19-6-5-7-22(16-19)33-3/h5-11,16-17,20H,4,12-15H2,1-3H3,(H,27,31). The first kappa shape index (κ1) is 23.4. The topological polar surface area (TPSA) is 85.7 Å². The third kappa shape index (κ3) is 5.22. The van der Waals surface area contributed by atoms with Gasteiger partial charge in [-0.1, -0.05) is 29.8 Å². The average molecular weight is 463 g/mol. The first-order valence-electron chi connectivity index (χ1n) is 11.5. The highest BCUT2D eigenvalue weighted by molar-refractivity contribution is 6.00. The van der Waals surface area contributed by atoms with Gasteiger partial charge in [0.2, 0.25) is 0 Å². The Bertz CT molecular complexity index is 1150. The lowest BCUT2D eigenvalue weighted by molar-refractivity contribution is 0.0860. The second kappa shape index (κ2) is 10.4. The van der Waals surface area contributed by atoms with E-state index in [9.17, 15) is 9.59 Å². The zero-order valence-electron chi connectivity index (χ0n) is 19.8. The van der Waals surface area contributed by atoms with E-state index in [1.807, 2.05) is 55.5 Å². The van der Waals surface area contributed by atoms with Crippen LogP contribution in [0, 0.1) is 6.92 Å². The first-order valence-corrected chi connectivity index (χ1v) is 11.5. The second-order valence-electron chi connectivity index (χ2n) is 8.34. The normalized spacial score (nSPS) is 14.0. The number of aromatic nitrogens is 2. The van der Waals surface area contributed by atoms with Gasteiger partial charge in [0, 0.05) is 30.9 Å². The molecule has 0 unspecified atom stereocenters. The molecule has 34 heavy (non-hydrogen) atoms. The number of nitrogens with one attached hydrogen (secondary N) is 1. The Morgan fingerprint density at radius 2 is 1.85 bits per heavy atom. The Morgan fingerprint density at radius 3 is 2.53 bits per heavy atom. The summed E-state index contributed by atoms with van der Waals surface area (Å²) in [5, 5.41) is 7.89. The Balaban J connectivity index is 1.57. The number of rotatable bonds is 6. The summed E-state index contributed by atoms with van der Waals surface area (Å²) in [6.45, 7) is 5.28. The molecule has 178 valence electrons. The van der Waals surface area contributed by atoms with Crippen LogP contribution in [0.25, 0.3) is 16.9 Å². The van der Waals surface area contributed by atoms with Crippen LogP contribution < -0.4 is 10.1 Å². The molecule has 0 saturated carbocycles. The fourth-order valence-electron chi connectivity index (χ4n) is 4.04. The number of benzene rings is 2. The number of nitrogens with zero attached hydrogens (tertiary/aromatic N) is 3. The van der Waals surface area contributed by atoms with E-state index >= 15 is 0 Å². The highest BCUT2D eigenvalue weighted by Gasteiger charge is 2.27. The molecule has 0 radical (unpaired) electrons. The van der Waals surface area contributed by atoms with E-state index in [0.29, 0.717) is 49.5 Å². The van der Waals surface area contributed by atoms with Crippen molar-refractivity contribution < 1.29 is 19.1 Å². The van der Waals surface area contributed by atoms with Crippen LogP contribution in [0.4, 0.5) is 4.79 Å². The highest BCUT2D eigenvalue weighted by Crippen LogP contribution is 2.27. The largest absolute Gasteiger partial charge is 0.497 e. The number of likely N-dealkylation sites (tertiary alicyclic amines) is 1. The molecule has 3 aromatic rings. The molecule has 8 heteroatoms. The van der Waals surface area contributed by atoms with Crippen molar-refractivity contribution in [2.75, 3.05) is 26.8 Å². The molecule has 8 nitrogen and oxygen atoms in total. The van der Waals surface area contributed by atoms with E-state index in [1.165, 1.54) is 0 Å². The molecular weight excluding hydrogens is 432 g/mol.